The molecule has 2 heterocycles. The number of hydrazine groups is 1. The largest absolute Gasteiger partial charge is 0.308 e. The van der Waals surface area contributed by atoms with Gasteiger partial charge in [0.05, 0.1) is 0 Å². The van der Waals surface area contributed by atoms with Crippen molar-refractivity contribution in [1.29, 1.82) is 0 Å². The van der Waals surface area contributed by atoms with Crippen LogP contribution >= 0.6 is 23.1 Å². The molecule has 0 radical (unpaired) electrons. The van der Waals surface area contributed by atoms with Crippen molar-refractivity contribution in [2.75, 3.05) is 5.43 Å². The minimum Gasteiger partial charge on any atom is -0.308 e. The molecule has 0 fully saturated rings. The van der Waals surface area contributed by atoms with Crippen molar-refractivity contribution in [2.45, 2.75) is 36.1 Å². The molecule has 0 aromatic carbocycles. The molecule has 0 saturated carbocycles. The first-order valence-corrected chi connectivity index (χ1v) is 7.16. The van der Waals surface area contributed by atoms with Gasteiger partial charge < -0.3 is 5.43 Å². The second-order valence-electron chi connectivity index (χ2n) is 3.59. The smallest absolute Gasteiger partial charge is 0.180 e. The zero-order valence-corrected chi connectivity index (χ0v) is 11.8. The van der Waals surface area contributed by atoms with Crippen molar-refractivity contribution in [3.63, 3.8) is 0 Å². The van der Waals surface area contributed by atoms with Crippen LogP contribution in [0, 0.1) is 6.92 Å². The summed E-state index contributed by atoms with van der Waals surface area (Å²) in [5.41, 5.74) is 3.64. The third kappa shape index (κ3) is 2.95. The molecule has 18 heavy (non-hydrogen) atoms. The Balaban J connectivity index is 2.31. The maximum absolute atomic E-state index is 5.47. The zero-order chi connectivity index (χ0) is 13.0. The molecule has 6 nitrogen and oxygen atoms in total. The Morgan fingerprint density at radius 3 is 2.83 bits per heavy atom. The van der Waals surface area contributed by atoms with E-state index >= 15 is 0 Å². The summed E-state index contributed by atoms with van der Waals surface area (Å²) in [6.45, 7) is 4.04. The van der Waals surface area contributed by atoms with Crippen molar-refractivity contribution in [1.82, 2.24) is 20.2 Å². The minimum absolute atomic E-state index is 0.676. The van der Waals surface area contributed by atoms with E-state index < -0.39 is 0 Å². The number of hydrogen-bond donors (Lipinski definition) is 2. The Hall–Kier alpha value is -1.25. The molecule has 0 aliphatic rings. The van der Waals surface area contributed by atoms with E-state index in [1.54, 1.807) is 11.3 Å². The molecule has 2 aromatic heterocycles. The van der Waals surface area contributed by atoms with Gasteiger partial charge >= 0.3 is 0 Å². The number of anilines is 1. The van der Waals surface area contributed by atoms with Crippen molar-refractivity contribution in [2.24, 2.45) is 5.84 Å². The van der Waals surface area contributed by atoms with Gasteiger partial charge in [0.25, 0.3) is 0 Å². The molecule has 0 amide bonds. The predicted octanol–water partition coefficient (Wildman–Crippen LogP) is 2.03. The van der Waals surface area contributed by atoms with Gasteiger partial charge in [0.1, 0.15) is 22.2 Å². The molecule has 0 spiro atoms. The Kier molecular flexibility index (Phi) is 4.45. The van der Waals surface area contributed by atoms with Gasteiger partial charge in [-0.25, -0.2) is 15.8 Å². The average Bonchev–Trinajstić information content (AvgIpc) is 2.77. The van der Waals surface area contributed by atoms with E-state index in [2.05, 4.69) is 32.5 Å². The van der Waals surface area contributed by atoms with Crippen LogP contribution in [0.25, 0.3) is 0 Å². The van der Waals surface area contributed by atoms with E-state index in [9.17, 15) is 0 Å². The average molecular weight is 282 g/mol. The Labute approximate surface area is 113 Å². The summed E-state index contributed by atoms with van der Waals surface area (Å²) >= 11 is 3.05. The van der Waals surface area contributed by atoms with Gasteiger partial charge in [-0.1, -0.05) is 24.7 Å². The SMILES string of the molecule is CCCc1c(NN)ncnc1Sc1nnc(C)s1. The van der Waals surface area contributed by atoms with Gasteiger partial charge in [-0.15, -0.1) is 10.2 Å². The number of nitrogen functional groups attached to an aromatic ring is 1. The molecule has 8 heteroatoms. The fourth-order valence-corrected chi connectivity index (χ4v) is 3.34. The maximum Gasteiger partial charge on any atom is 0.180 e. The number of nitrogens with one attached hydrogen (secondary N) is 1. The van der Waals surface area contributed by atoms with E-state index in [1.165, 1.54) is 18.1 Å². The quantitative estimate of drug-likeness (QED) is 0.492. The first-order valence-electron chi connectivity index (χ1n) is 5.53. The maximum atomic E-state index is 5.47. The van der Waals surface area contributed by atoms with Gasteiger partial charge in [-0.3, -0.25) is 0 Å². The second kappa shape index (κ2) is 6.07. The molecule has 0 aliphatic carbocycles. The molecule has 0 unspecified atom stereocenters. The van der Waals surface area contributed by atoms with Crippen molar-refractivity contribution >= 4 is 28.9 Å². The number of aryl methyl sites for hydroxylation is 1. The van der Waals surface area contributed by atoms with Crippen LogP contribution in [-0.2, 0) is 6.42 Å². The highest BCUT2D eigenvalue weighted by Crippen LogP contribution is 2.33. The lowest BCUT2D eigenvalue weighted by atomic mass is 10.2. The van der Waals surface area contributed by atoms with Crippen LogP contribution in [0.5, 0.6) is 0 Å². The topological polar surface area (TPSA) is 89.6 Å². The van der Waals surface area contributed by atoms with Crippen molar-refractivity contribution in [3.05, 3.63) is 16.9 Å². The van der Waals surface area contributed by atoms with Gasteiger partial charge in [-0.05, 0) is 25.1 Å². The standard InChI is InChI=1S/C10H14N6S2/c1-3-4-7-8(14-11)12-5-13-9(7)18-10-16-15-6(2)17-10/h5H,3-4,11H2,1-2H3,(H,12,13,14). The summed E-state index contributed by atoms with van der Waals surface area (Å²) in [5.74, 6) is 6.15. The predicted molar refractivity (Wildman–Crippen MR) is 72.6 cm³/mol. The molecular weight excluding hydrogens is 268 g/mol. The summed E-state index contributed by atoms with van der Waals surface area (Å²) in [7, 11) is 0. The lowest BCUT2D eigenvalue weighted by Gasteiger charge is -2.09. The van der Waals surface area contributed by atoms with Gasteiger partial charge in [0, 0.05) is 5.56 Å². The summed E-state index contributed by atoms with van der Waals surface area (Å²) in [5, 5.41) is 9.91. The first kappa shape index (κ1) is 13.2. The first-order chi connectivity index (χ1) is 8.74. The van der Waals surface area contributed by atoms with E-state index in [0.717, 1.165) is 32.8 Å². The van der Waals surface area contributed by atoms with E-state index in [4.69, 9.17) is 5.84 Å². The summed E-state index contributed by atoms with van der Waals surface area (Å²) in [6.07, 6.45) is 3.38. The zero-order valence-electron chi connectivity index (χ0n) is 10.2. The highest BCUT2D eigenvalue weighted by Gasteiger charge is 2.13. The molecule has 0 bridgehead atoms. The van der Waals surface area contributed by atoms with Crippen molar-refractivity contribution in [3.8, 4) is 0 Å². The fraction of sp³-hybridized carbons (Fsp3) is 0.400. The molecule has 0 saturated heterocycles. The van der Waals surface area contributed by atoms with Gasteiger partial charge in [-0.2, -0.15) is 0 Å². The lowest BCUT2D eigenvalue weighted by Crippen LogP contribution is -2.12. The molecule has 3 N–H and O–H groups in total. The Bertz CT molecular complexity index is 527. The summed E-state index contributed by atoms with van der Waals surface area (Å²) in [6, 6.07) is 0. The van der Waals surface area contributed by atoms with Crippen LogP contribution in [0.1, 0.15) is 23.9 Å². The van der Waals surface area contributed by atoms with Crippen LogP contribution in [0.15, 0.2) is 15.7 Å². The Morgan fingerprint density at radius 2 is 2.22 bits per heavy atom. The molecule has 0 atom stereocenters. The normalized spacial score (nSPS) is 10.6. The van der Waals surface area contributed by atoms with Crippen LogP contribution in [0.4, 0.5) is 5.82 Å². The summed E-state index contributed by atoms with van der Waals surface area (Å²) < 4.78 is 0.881. The fourth-order valence-electron chi connectivity index (χ4n) is 1.49. The number of rotatable bonds is 5. The van der Waals surface area contributed by atoms with E-state index in [0.29, 0.717) is 5.82 Å². The van der Waals surface area contributed by atoms with Crippen LogP contribution in [0.2, 0.25) is 0 Å². The molecule has 96 valence electrons. The molecular formula is C10H14N6S2. The van der Waals surface area contributed by atoms with Gasteiger partial charge in [0.2, 0.25) is 0 Å². The third-order valence-electron chi connectivity index (χ3n) is 2.23. The summed E-state index contributed by atoms with van der Waals surface area (Å²) in [4.78, 5) is 8.44. The molecule has 2 rings (SSSR count). The lowest BCUT2D eigenvalue weighted by molar-refractivity contribution is 0.855. The van der Waals surface area contributed by atoms with Gasteiger partial charge in [0.15, 0.2) is 4.34 Å². The Morgan fingerprint density at radius 1 is 1.39 bits per heavy atom. The van der Waals surface area contributed by atoms with Crippen LogP contribution in [0.3, 0.4) is 0 Å². The monoisotopic (exact) mass is 282 g/mol. The minimum atomic E-state index is 0.676. The highest BCUT2D eigenvalue weighted by molar-refractivity contribution is 8.01. The van der Waals surface area contributed by atoms with E-state index in [1.807, 2.05) is 6.92 Å². The molecule has 2 aromatic rings. The highest BCUT2D eigenvalue weighted by atomic mass is 32.2. The van der Waals surface area contributed by atoms with Crippen LogP contribution in [-0.4, -0.2) is 20.2 Å². The number of nitrogens with two attached hydrogens (primary N) is 1. The molecule has 0 aliphatic heterocycles. The van der Waals surface area contributed by atoms with E-state index in [-0.39, 0.29) is 0 Å². The van der Waals surface area contributed by atoms with Crippen molar-refractivity contribution < 1.29 is 0 Å². The number of aromatic nitrogens is 4. The number of nitrogens with zero attached hydrogens (tertiary/aromatic N) is 4. The second-order valence-corrected chi connectivity index (χ2v) is 6.01. The number of hydrogen-bond acceptors (Lipinski definition) is 8. The van der Waals surface area contributed by atoms with Crippen LogP contribution < -0.4 is 11.3 Å². The third-order valence-corrected chi connectivity index (χ3v) is 4.17.